The van der Waals surface area contributed by atoms with E-state index in [1.807, 2.05) is 60.7 Å². The SMILES string of the molecule is C1=CCCCC1.C=C/C=C/O[Si](C)(C)C.C=CCOc1ccccc1.CC(=O)c1ccc(CCl)cc1.COC(=O)c1ccccc1CCl.Cl.ClCc1ccncc1.Fc1cccc(F)c1CCl. The molecule has 5 aromatic rings. The summed E-state index contributed by atoms with van der Waals surface area (Å²) in [5.41, 5.74) is 4.15. The molecule has 0 fully saturated rings. The highest BCUT2D eigenvalue weighted by Gasteiger charge is 2.12. The highest BCUT2D eigenvalue weighted by Crippen LogP contribution is 2.14. The van der Waals surface area contributed by atoms with Crippen molar-refractivity contribution in [2.45, 2.75) is 75.8 Å². The van der Waals surface area contributed by atoms with Crippen molar-refractivity contribution in [3.63, 3.8) is 0 Å². The number of halogens is 7. The fraction of sp³-hybridized carbons (Fsp3) is 0.264. The fourth-order valence-corrected chi connectivity index (χ4v) is 5.97. The first-order valence-electron chi connectivity index (χ1n) is 20.9. The molecule has 0 radical (unpaired) electrons. The van der Waals surface area contributed by atoms with Crippen molar-refractivity contribution in [2.75, 3.05) is 13.7 Å². The van der Waals surface area contributed by atoms with Gasteiger partial charge in [0.15, 0.2) is 5.78 Å². The molecule has 4 aromatic carbocycles. The van der Waals surface area contributed by atoms with E-state index < -0.39 is 20.0 Å². The standard InChI is InChI=1S/C9H9ClO2.C9H9ClO.C9H10O.C7H5ClF2.C7H14OSi.C6H6ClN.C6H10.ClH/c1-12-9(11)8-5-3-2-4-7(8)6-10;1-7(11)9-4-2-8(6-10)3-5-9;1-2-8-10-9-6-4-3-5-7-9;8-4-5-6(9)2-1-3-7(5)10;1-5-6-7-8-9(2,3)4;7-5-6-1-3-8-4-2-6;1-2-4-6-5-3-1;/h2-5H,6H2,1H3;2-5H,6H2,1H3;2-7H,1,8H2;1-3H,4H2;5-7H,1H2,2-4H3;1-4H,5H2;1-2H,3-6H2;1H/b;;;;7-6+;;;. The Bertz CT molecular complexity index is 2090. The number of benzene rings is 4. The number of carbonyl (C=O) groups excluding carboxylic acids is 2. The first kappa shape index (κ1) is 64.3. The van der Waals surface area contributed by atoms with Crippen molar-refractivity contribution in [3.8, 4) is 5.75 Å². The van der Waals surface area contributed by atoms with Gasteiger partial charge >= 0.3 is 5.97 Å². The molecule has 0 unspecified atom stereocenters. The molecule has 1 aliphatic rings. The summed E-state index contributed by atoms with van der Waals surface area (Å²) in [5, 5.41) is 0. The van der Waals surface area contributed by atoms with E-state index in [9.17, 15) is 18.4 Å². The second kappa shape index (κ2) is 41.4. The van der Waals surface area contributed by atoms with Gasteiger partial charge in [-0.15, -0.1) is 58.8 Å². The Kier molecular flexibility index (Phi) is 39.8. The molecule has 0 bridgehead atoms. The third kappa shape index (κ3) is 33.4. The number of esters is 1. The Labute approximate surface area is 425 Å². The van der Waals surface area contributed by atoms with E-state index in [0.717, 1.165) is 28.0 Å². The third-order valence-electron chi connectivity index (χ3n) is 8.09. The lowest BCUT2D eigenvalue weighted by Crippen LogP contribution is -2.21. The van der Waals surface area contributed by atoms with Gasteiger partial charge in [0.25, 0.3) is 0 Å². The maximum absolute atomic E-state index is 12.5. The number of ether oxygens (including phenoxy) is 2. The molecule has 364 valence electrons. The van der Waals surface area contributed by atoms with E-state index in [0.29, 0.717) is 29.8 Å². The molecule has 1 aromatic heterocycles. The molecule has 67 heavy (non-hydrogen) atoms. The molecular formula is C53H64Cl5F2NO5Si. The molecular weight excluding hydrogens is 974 g/mol. The van der Waals surface area contributed by atoms with Crippen LogP contribution >= 0.6 is 58.8 Å². The van der Waals surface area contributed by atoms with Crippen LogP contribution in [0.2, 0.25) is 19.6 Å². The Morgan fingerprint density at radius 3 is 1.66 bits per heavy atom. The molecule has 0 saturated carbocycles. The molecule has 1 aliphatic carbocycles. The first-order chi connectivity index (χ1) is 31.7. The van der Waals surface area contributed by atoms with Gasteiger partial charge in [0.2, 0.25) is 8.32 Å². The molecule has 0 saturated heterocycles. The second-order valence-corrected chi connectivity index (χ2v) is 20.0. The van der Waals surface area contributed by atoms with Gasteiger partial charge in [-0.2, -0.15) is 0 Å². The fourth-order valence-electron chi connectivity index (χ4n) is 4.64. The molecule has 0 N–H and O–H groups in total. The predicted octanol–water partition coefficient (Wildman–Crippen LogP) is 16.7. The van der Waals surface area contributed by atoms with Crippen LogP contribution in [-0.2, 0) is 32.7 Å². The zero-order valence-electron chi connectivity index (χ0n) is 39.0. The van der Waals surface area contributed by atoms with Crippen LogP contribution in [0.1, 0.15) is 75.6 Å². The maximum Gasteiger partial charge on any atom is 0.338 e. The molecule has 0 spiro atoms. The molecule has 14 heteroatoms. The van der Waals surface area contributed by atoms with Crippen molar-refractivity contribution in [2.24, 2.45) is 0 Å². The number of alkyl halides is 4. The Morgan fingerprint density at radius 2 is 1.25 bits per heavy atom. The Hall–Kier alpha value is -4.74. The van der Waals surface area contributed by atoms with Crippen molar-refractivity contribution < 1.29 is 32.3 Å². The van der Waals surface area contributed by atoms with Crippen molar-refractivity contribution >= 4 is 78.9 Å². The van der Waals surface area contributed by atoms with Gasteiger partial charge in [0.05, 0.1) is 24.8 Å². The topological polar surface area (TPSA) is 74.7 Å². The summed E-state index contributed by atoms with van der Waals surface area (Å²) in [4.78, 5) is 25.8. The van der Waals surface area contributed by atoms with Gasteiger partial charge in [0, 0.05) is 41.2 Å². The Morgan fingerprint density at radius 1 is 0.716 bits per heavy atom. The van der Waals surface area contributed by atoms with Crippen LogP contribution in [0.4, 0.5) is 8.78 Å². The number of nitrogens with zero attached hydrogens (tertiary/aromatic N) is 1. The van der Waals surface area contributed by atoms with Crippen LogP contribution in [0.15, 0.2) is 171 Å². The number of rotatable bonds is 12. The van der Waals surface area contributed by atoms with E-state index >= 15 is 0 Å². The van der Waals surface area contributed by atoms with Gasteiger partial charge < -0.3 is 13.9 Å². The second-order valence-electron chi connectivity index (χ2n) is 14.5. The number of pyridine rings is 1. The lowest BCUT2D eigenvalue weighted by Gasteiger charge is -2.13. The zero-order valence-corrected chi connectivity index (χ0v) is 43.8. The molecule has 0 aliphatic heterocycles. The van der Waals surface area contributed by atoms with Gasteiger partial charge in [-0.1, -0.05) is 104 Å². The summed E-state index contributed by atoms with van der Waals surface area (Å²) < 4.78 is 40.2. The monoisotopic (exact) mass is 1040 g/mol. The minimum Gasteiger partial charge on any atom is -0.550 e. The van der Waals surface area contributed by atoms with E-state index in [-0.39, 0.29) is 35.6 Å². The summed E-state index contributed by atoms with van der Waals surface area (Å²) in [6, 6.07) is 31.6. The minimum absolute atomic E-state index is 0. The maximum atomic E-state index is 12.5. The average molecular weight is 1040 g/mol. The number of hydrogen-bond acceptors (Lipinski definition) is 6. The van der Waals surface area contributed by atoms with Crippen molar-refractivity contribution in [1.82, 2.24) is 4.98 Å². The lowest BCUT2D eigenvalue weighted by molar-refractivity contribution is 0.0599. The molecule has 1 heterocycles. The van der Waals surface area contributed by atoms with Crippen LogP contribution in [0.25, 0.3) is 0 Å². The first-order valence-corrected chi connectivity index (χ1v) is 26.5. The predicted molar refractivity (Wildman–Crippen MR) is 284 cm³/mol. The van der Waals surface area contributed by atoms with E-state index in [1.165, 1.54) is 51.0 Å². The van der Waals surface area contributed by atoms with Crippen LogP contribution in [0, 0.1) is 11.6 Å². The Balaban J connectivity index is 0. The zero-order chi connectivity index (χ0) is 49.4. The van der Waals surface area contributed by atoms with Crippen LogP contribution in [-0.4, -0.2) is 38.8 Å². The van der Waals surface area contributed by atoms with Gasteiger partial charge in [-0.3, -0.25) is 9.78 Å². The number of hydrogen-bond donors (Lipinski definition) is 0. The van der Waals surface area contributed by atoms with E-state index in [1.54, 1.807) is 74.1 Å². The lowest BCUT2D eigenvalue weighted by atomic mass is 10.1. The third-order valence-corrected chi connectivity index (χ3v) is 10.1. The van der Waals surface area contributed by atoms with Crippen molar-refractivity contribution in [3.05, 3.63) is 216 Å². The summed E-state index contributed by atoms with van der Waals surface area (Å²) in [6.07, 6.45) is 20.4. The number of aromatic nitrogens is 1. The highest BCUT2D eigenvalue weighted by molar-refractivity contribution is 6.69. The minimum atomic E-state index is -1.33. The van der Waals surface area contributed by atoms with Crippen LogP contribution in [0.3, 0.4) is 0 Å². The normalized spacial score (nSPS) is 10.7. The van der Waals surface area contributed by atoms with E-state index in [4.69, 9.17) is 55.6 Å². The summed E-state index contributed by atoms with van der Waals surface area (Å²) in [5.74, 6) is 0.731. The number of ketones is 1. The van der Waals surface area contributed by atoms with Crippen LogP contribution in [0.5, 0.6) is 5.75 Å². The number of methoxy groups -OCH3 is 1. The molecule has 6 nitrogen and oxygen atoms in total. The van der Waals surface area contributed by atoms with E-state index in [2.05, 4.69) is 54.7 Å². The number of para-hydroxylation sites is 1. The number of Topliss-reactive ketones (excluding diaryl/α,β-unsaturated/α-hetero) is 1. The quantitative estimate of drug-likeness (QED) is 0.0236. The largest absolute Gasteiger partial charge is 0.550 e. The van der Waals surface area contributed by atoms with Crippen molar-refractivity contribution in [1.29, 1.82) is 0 Å². The van der Waals surface area contributed by atoms with Gasteiger partial charge in [-0.25, -0.2) is 13.6 Å². The van der Waals surface area contributed by atoms with Gasteiger partial charge in [0.1, 0.15) is 24.0 Å². The van der Waals surface area contributed by atoms with Crippen LogP contribution < -0.4 is 4.74 Å². The molecule has 0 amide bonds. The summed E-state index contributed by atoms with van der Waals surface area (Å²) >= 11 is 22.0. The number of allylic oxidation sites excluding steroid dienone is 4. The smallest absolute Gasteiger partial charge is 0.338 e. The molecule has 0 atom stereocenters. The summed E-state index contributed by atoms with van der Waals surface area (Å²) in [7, 11) is 0.0255. The number of carbonyl (C=O) groups is 2. The average Bonchev–Trinajstić information content (AvgIpc) is 3.35. The highest BCUT2D eigenvalue weighted by atomic mass is 35.5. The van der Waals surface area contributed by atoms with Gasteiger partial charge in [-0.05, 0) is 117 Å². The summed E-state index contributed by atoms with van der Waals surface area (Å²) in [6.45, 7) is 15.6. The molecule has 6 rings (SSSR count).